The molecule has 0 saturated carbocycles. The summed E-state index contributed by atoms with van der Waals surface area (Å²) in [6.45, 7) is 0. The summed E-state index contributed by atoms with van der Waals surface area (Å²) in [6, 6.07) is 0. The van der Waals surface area contributed by atoms with Crippen LogP contribution in [0.5, 0.6) is 0 Å². The average molecular weight is 348 g/mol. The fourth-order valence-electron chi connectivity index (χ4n) is 0.475. The number of halogens is 2. The van der Waals surface area contributed by atoms with Crippen molar-refractivity contribution in [3.8, 4) is 0 Å². The Labute approximate surface area is 81.4 Å². The minimum atomic E-state index is 1.02. The zero-order valence-electron chi connectivity index (χ0n) is 4.62. The number of allylic oxidation sites excluding steroid dienone is 3. The Balaban J connectivity index is 2.59. The van der Waals surface area contributed by atoms with E-state index in [0.717, 1.165) is 8.13 Å². The molecule has 0 amide bonds. The lowest BCUT2D eigenvalue weighted by atomic mass is 10.4. The van der Waals surface area contributed by atoms with Crippen molar-refractivity contribution in [2.45, 2.75) is 0 Å². The molecule has 0 aromatic rings. The highest BCUT2D eigenvalue weighted by molar-refractivity contribution is 14.1. The summed E-state index contributed by atoms with van der Waals surface area (Å²) in [5.41, 5.74) is 7.27. The fraction of sp³-hybridized carbons (Fsp3) is 0.200. The van der Waals surface area contributed by atoms with Crippen LogP contribution in [0.3, 0.4) is 0 Å². The largest absolute Gasteiger partial charge is 0.304 e. The molecule has 2 nitrogen and oxygen atoms in total. The Kier molecular flexibility index (Phi) is 3.10. The molecule has 0 fully saturated rings. The second-order valence-electron chi connectivity index (χ2n) is 1.59. The number of alkyl halides is 1. The highest BCUT2D eigenvalue weighted by Gasteiger charge is 1.97. The first kappa shape index (κ1) is 7.64. The minimum absolute atomic E-state index is 1.02. The van der Waals surface area contributed by atoms with Gasteiger partial charge in [0.05, 0.1) is 3.70 Å². The van der Waals surface area contributed by atoms with E-state index < -0.39 is 0 Å². The van der Waals surface area contributed by atoms with Crippen LogP contribution in [0, 0.1) is 0 Å². The van der Waals surface area contributed by atoms with Crippen LogP contribution in [0.1, 0.15) is 0 Å². The molecule has 0 radical (unpaired) electrons. The molecule has 1 heterocycles. The molecule has 2 N–H and O–H groups in total. The second kappa shape index (κ2) is 3.65. The molecular formula is C5H6I2N2. The summed E-state index contributed by atoms with van der Waals surface area (Å²) in [5.74, 6) is 0. The lowest BCUT2D eigenvalue weighted by molar-refractivity contribution is 0.719. The first-order chi connectivity index (χ1) is 4.33. The Bertz CT molecular complexity index is 162. The predicted octanol–water partition coefficient (Wildman–Crippen LogP) is 1.69. The van der Waals surface area contributed by atoms with Crippen LogP contribution in [-0.4, -0.2) is 4.43 Å². The first-order valence-corrected chi connectivity index (χ1v) is 5.07. The van der Waals surface area contributed by atoms with E-state index in [1.165, 1.54) is 5.70 Å². The third kappa shape index (κ3) is 2.32. The molecule has 0 aromatic heterocycles. The quantitative estimate of drug-likeness (QED) is 0.428. The molecule has 1 rings (SSSR count). The van der Waals surface area contributed by atoms with Crippen LogP contribution in [0.25, 0.3) is 0 Å². The van der Waals surface area contributed by atoms with Gasteiger partial charge in [-0.3, -0.25) is 5.43 Å². The van der Waals surface area contributed by atoms with Crippen LogP contribution >= 0.6 is 45.2 Å². The van der Waals surface area contributed by atoms with E-state index in [9.17, 15) is 0 Å². The van der Waals surface area contributed by atoms with Crippen molar-refractivity contribution in [3.63, 3.8) is 0 Å². The summed E-state index contributed by atoms with van der Waals surface area (Å²) in [5, 5.41) is 0. The fourth-order valence-corrected chi connectivity index (χ4v) is 1.23. The third-order valence-corrected chi connectivity index (χ3v) is 2.37. The molecule has 9 heavy (non-hydrogen) atoms. The predicted molar refractivity (Wildman–Crippen MR) is 55.3 cm³/mol. The maximum Gasteiger partial charge on any atom is 0.0920 e. The highest BCUT2D eigenvalue weighted by Crippen LogP contribution is 2.07. The zero-order chi connectivity index (χ0) is 6.69. The molecule has 0 bridgehead atoms. The summed E-state index contributed by atoms with van der Waals surface area (Å²) >= 11 is 4.53. The van der Waals surface area contributed by atoms with Crippen molar-refractivity contribution in [1.82, 2.24) is 10.9 Å². The zero-order valence-corrected chi connectivity index (χ0v) is 8.93. The molecular weight excluding hydrogens is 342 g/mol. The van der Waals surface area contributed by atoms with E-state index in [1.807, 2.05) is 6.08 Å². The maximum atomic E-state index is 3.05. The average Bonchev–Trinajstić information content (AvgIpc) is 1.90. The lowest BCUT2D eigenvalue weighted by Gasteiger charge is -2.13. The molecule has 0 atom stereocenters. The molecule has 4 heteroatoms. The van der Waals surface area contributed by atoms with E-state index in [0.29, 0.717) is 0 Å². The Morgan fingerprint density at radius 2 is 2.11 bits per heavy atom. The van der Waals surface area contributed by atoms with Crippen molar-refractivity contribution in [2.24, 2.45) is 0 Å². The van der Waals surface area contributed by atoms with Crippen molar-refractivity contribution >= 4 is 45.2 Å². The number of hydrogen-bond acceptors (Lipinski definition) is 2. The minimum Gasteiger partial charge on any atom is -0.304 e. The van der Waals surface area contributed by atoms with Gasteiger partial charge in [-0.05, 0) is 34.7 Å². The van der Waals surface area contributed by atoms with Crippen LogP contribution < -0.4 is 10.9 Å². The highest BCUT2D eigenvalue weighted by atomic mass is 127. The van der Waals surface area contributed by atoms with E-state index in [4.69, 9.17) is 0 Å². The summed E-state index contributed by atoms with van der Waals surface area (Å²) < 4.78 is 2.15. The second-order valence-corrected chi connectivity index (χ2v) is 3.52. The first-order valence-electron chi connectivity index (χ1n) is 2.47. The molecule has 1 aliphatic rings. The van der Waals surface area contributed by atoms with Crippen LogP contribution in [-0.2, 0) is 0 Å². The van der Waals surface area contributed by atoms with Gasteiger partial charge < -0.3 is 5.43 Å². The third-order valence-electron chi connectivity index (χ3n) is 0.917. The molecule has 50 valence electrons. The summed E-state index contributed by atoms with van der Waals surface area (Å²) in [6.07, 6.45) is 4.12. The topological polar surface area (TPSA) is 24.1 Å². The van der Waals surface area contributed by atoms with Gasteiger partial charge in [0.1, 0.15) is 0 Å². The standard InChI is InChI=1S/C5H6I2N2/c6-3-4-1-2-5(7)9-8-4/h1-2,8-9H,3H2. The Hall–Kier alpha value is 0.540. The Morgan fingerprint density at radius 1 is 1.33 bits per heavy atom. The van der Waals surface area contributed by atoms with Gasteiger partial charge in [0.15, 0.2) is 0 Å². The number of hydrogen-bond donors (Lipinski definition) is 2. The number of hydrazine groups is 1. The van der Waals surface area contributed by atoms with Gasteiger partial charge in [-0.15, -0.1) is 0 Å². The molecule has 0 unspecified atom stereocenters. The maximum absolute atomic E-state index is 3.05. The normalized spacial score (nSPS) is 17.1. The van der Waals surface area contributed by atoms with E-state index in [-0.39, 0.29) is 0 Å². The number of rotatable bonds is 1. The van der Waals surface area contributed by atoms with Crippen LogP contribution in [0.4, 0.5) is 0 Å². The Morgan fingerprint density at radius 3 is 2.56 bits per heavy atom. The van der Waals surface area contributed by atoms with Gasteiger partial charge in [-0.25, -0.2) is 0 Å². The van der Waals surface area contributed by atoms with Crippen molar-refractivity contribution in [3.05, 3.63) is 21.6 Å². The summed E-state index contributed by atoms with van der Waals surface area (Å²) in [7, 11) is 0. The van der Waals surface area contributed by atoms with Crippen molar-refractivity contribution < 1.29 is 0 Å². The van der Waals surface area contributed by atoms with Gasteiger partial charge in [-0.1, -0.05) is 22.6 Å². The lowest BCUT2D eigenvalue weighted by Crippen LogP contribution is -2.31. The molecule has 0 saturated heterocycles. The van der Waals surface area contributed by atoms with Gasteiger partial charge in [-0.2, -0.15) is 0 Å². The molecule has 0 spiro atoms. The molecule has 0 aliphatic carbocycles. The summed E-state index contributed by atoms with van der Waals surface area (Å²) in [4.78, 5) is 0. The molecule has 1 aliphatic heterocycles. The van der Waals surface area contributed by atoms with Crippen LogP contribution in [0.2, 0.25) is 0 Å². The van der Waals surface area contributed by atoms with Crippen molar-refractivity contribution in [1.29, 1.82) is 0 Å². The van der Waals surface area contributed by atoms with E-state index in [2.05, 4.69) is 62.1 Å². The van der Waals surface area contributed by atoms with E-state index >= 15 is 0 Å². The van der Waals surface area contributed by atoms with E-state index in [1.54, 1.807) is 0 Å². The SMILES string of the molecule is ICC1=CC=C(I)NN1. The monoisotopic (exact) mass is 348 g/mol. The van der Waals surface area contributed by atoms with Gasteiger partial charge in [0, 0.05) is 10.1 Å². The molecule has 0 aromatic carbocycles. The van der Waals surface area contributed by atoms with Gasteiger partial charge in [0.2, 0.25) is 0 Å². The number of nitrogens with one attached hydrogen (secondary N) is 2. The van der Waals surface area contributed by atoms with Crippen molar-refractivity contribution in [2.75, 3.05) is 4.43 Å². The van der Waals surface area contributed by atoms with Gasteiger partial charge >= 0.3 is 0 Å². The smallest absolute Gasteiger partial charge is 0.0920 e. The van der Waals surface area contributed by atoms with Gasteiger partial charge in [0.25, 0.3) is 0 Å². The van der Waals surface area contributed by atoms with Crippen LogP contribution in [0.15, 0.2) is 21.6 Å².